The fourth-order valence-corrected chi connectivity index (χ4v) is 4.70. The number of hydrogen-bond acceptors (Lipinski definition) is 5. The third-order valence-electron chi connectivity index (χ3n) is 5.17. The maximum Gasteiger partial charge on any atom is 0.190 e. The van der Waals surface area contributed by atoms with Crippen LogP contribution in [0.1, 0.15) is 66.4 Å². The van der Waals surface area contributed by atoms with E-state index in [9.17, 15) is 10.2 Å². The van der Waals surface area contributed by atoms with Gasteiger partial charge in [-0.05, 0) is 74.1 Å². The Morgan fingerprint density at radius 3 is 2.58 bits per heavy atom. The molecule has 2 aliphatic rings. The lowest BCUT2D eigenvalue weighted by Crippen LogP contribution is -2.20. The molecule has 2 aliphatic carbocycles. The number of nitrogens with zero attached hydrogens (tertiary/aromatic N) is 2. The third kappa shape index (κ3) is 2.85. The molecule has 0 bridgehead atoms. The van der Waals surface area contributed by atoms with Gasteiger partial charge in [-0.15, -0.1) is 0 Å². The normalized spacial score (nSPS) is 17.2. The van der Waals surface area contributed by atoms with Crippen LogP contribution in [-0.4, -0.2) is 21.7 Å². The number of aliphatic hydroxyl groups excluding tert-OH is 1. The summed E-state index contributed by atoms with van der Waals surface area (Å²) in [4.78, 5) is 7.14. The van der Waals surface area contributed by atoms with Crippen molar-refractivity contribution in [1.82, 2.24) is 4.98 Å². The summed E-state index contributed by atoms with van der Waals surface area (Å²) in [5, 5.41) is 19.6. The van der Waals surface area contributed by atoms with Crippen LogP contribution in [0.3, 0.4) is 0 Å². The van der Waals surface area contributed by atoms with Crippen LogP contribution < -0.4 is 4.90 Å². The summed E-state index contributed by atoms with van der Waals surface area (Å²) in [5.41, 5.74) is 5.91. The molecule has 4 rings (SSSR count). The average Bonchev–Trinajstić information content (AvgIpc) is 3.32. The fraction of sp³-hybridized carbons (Fsp3) is 0.526. The highest BCUT2D eigenvalue weighted by molar-refractivity contribution is 7.15. The molecule has 0 amide bonds. The van der Waals surface area contributed by atoms with Crippen molar-refractivity contribution < 1.29 is 10.2 Å². The molecule has 2 aromatic rings. The minimum absolute atomic E-state index is 0.493. The number of rotatable bonds is 5. The van der Waals surface area contributed by atoms with Crippen LogP contribution in [0.4, 0.5) is 10.8 Å². The Kier molecular flexibility index (Phi) is 4.33. The van der Waals surface area contributed by atoms with Crippen LogP contribution in [0.15, 0.2) is 18.3 Å². The standard InChI is InChI=1S/C19H24N2O2S/c1-2-21(19-20-11-17(24-19)18(22)23)16-10-9-13(12-7-8-12)14-5-3-4-6-15(14)16/h9-12,18,22-23H,2-8H2,1H3. The van der Waals surface area contributed by atoms with Crippen molar-refractivity contribution in [3.63, 3.8) is 0 Å². The van der Waals surface area contributed by atoms with Crippen molar-refractivity contribution in [2.75, 3.05) is 11.4 Å². The van der Waals surface area contributed by atoms with Gasteiger partial charge in [0.1, 0.15) is 0 Å². The first-order valence-corrected chi connectivity index (χ1v) is 9.74. The zero-order valence-electron chi connectivity index (χ0n) is 14.0. The Morgan fingerprint density at radius 1 is 1.21 bits per heavy atom. The van der Waals surface area contributed by atoms with Gasteiger partial charge in [0.15, 0.2) is 11.4 Å². The van der Waals surface area contributed by atoms with E-state index in [0.717, 1.165) is 24.0 Å². The molecule has 0 aliphatic heterocycles. The second kappa shape index (κ2) is 6.47. The van der Waals surface area contributed by atoms with Crippen molar-refractivity contribution in [3.8, 4) is 0 Å². The molecule has 128 valence electrons. The van der Waals surface area contributed by atoms with Crippen molar-refractivity contribution in [2.24, 2.45) is 0 Å². The zero-order chi connectivity index (χ0) is 16.7. The van der Waals surface area contributed by atoms with Crippen LogP contribution in [-0.2, 0) is 12.8 Å². The van der Waals surface area contributed by atoms with Gasteiger partial charge in [0, 0.05) is 18.4 Å². The maximum atomic E-state index is 9.37. The van der Waals surface area contributed by atoms with Gasteiger partial charge in [-0.3, -0.25) is 0 Å². The smallest absolute Gasteiger partial charge is 0.190 e. The predicted octanol–water partition coefficient (Wildman–Crippen LogP) is 4.04. The van der Waals surface area contributed by atoms with E-state index in [0.29, 0.717) is 4.88 Å². The largest absolute Gasteiger partial charge is 0.364 e. The Hall–Kier alpha value is -1.43. The SMILES string of the molecule is CCN(c1ncc(C(O)O)s1)c1ccc(C2CC2)c2c1CCCC2. The minimum atomic E-state index is -1.44. The summed E-state index contributed by atoms with van der Waals surface area (Å²) in [6.45, 7) is 2.95. The van der Waals surface area contributed by atoms with Crippen molar-refractivity contribution in [3.05, 3.63) is 39.9 Å². The predicted molar refractivity (Wildman–Crippen MR) is 97.0 cm³/mol. The number of aromatic nitrogens is 1. The molecule has 1 fully saturated rings. The van der Waals surface area contributed by atoms with Gasteiger partial charge in [-0.1, -0.05) is 17.4 Å². The highest BCUT2D eigenvalue weighted by Crippen LogP contribution is 2.46. The average molecular weight is 344 g/mol. The molecule has 1 heterocycles. The van der Waals surface area contributed by atoms with E-state index in [-0.39, 0.29) is 0 Å². The Morgan fingerprint density at radius 2 is 1.96 bits per heavy atom. The summed E-state index contributed by atoms with van der Waals surface area (Å²) >= 11 is 1.36. The van der Waals surface area contributed by atoms with Crippen molar-refractivity contribution in [2.45, 2.75) is 57.7 Å². The van der Waals surface area contributed by atoms with Gasteiger partial charge in [0.25, 0.3) is 0 Å². The van der Waals surface area contributed by atoms with Gasteiger partial charge in [-0.25, -0.2) is 4.98 Å². The summed E-state index contributed by atoms with van der Waals surface area (Å²) in [7, 11) is 0. The van der Waals surface area contributed by atoms with Gasteiger partial charge in [0.05, 0.1) is 4.88 Å². The topological polar surface area (TPSA) is 56.6 Å². The summed E-state index contributed by atoms with van der Waals surface area (Å²) < 4.78 is 0. The minimum Gasteiger partial charge on any atom is -0.364 e. The number of aliphatic hydroxyl groups is 2. The van der Waals surface area contributed by atoms with E-state index in [1.165, 1.54) is 54.7 Å². The molecular weight excluding hydrogens is 320 g/mol. The molecule has 2 N–H and O–H groups in total. The molecular formula is C19H24N2O2S. The highest BCUT2D eigenvalue weighted by atomic mass is 32.1. The van der Waals surface area contributed by atoms with E-state index in [4.69, 9.17) is 0 Å². The van der Waals surface area contributed by atoms with E-state index < -0.39 is 6.29 Å². The molecule has 1 aromatic heterocycles. The zero-order valence-corrected chi connectivity index (χ0v) is 14.9. The summed E-state index contributed by atoms with van der Waals surface area (Å²) in [6, 6.07) is 4.59. The first kappa shape index (κ1) is 16.1. The summed E-state index contributed by atoms with van der Waals surface area (Å²) in [6.07, 6.45) is 7.69. The lowest BCUT2D eigenvalue weighted by Gasteiger charge is -2.29. The van der Waals surface area contributed by atoms with Crippen LogP contribution >= 0.6 is 11.3 Å². The molecule has 5 heteroatoms. The first-order chi connectivity index (χ1) is 11.7. The van der Waals surface area contributed by atoms with Crippen LogP contribution in [0.25, 0.3) is 0 Å². The number of benzene rings is 1. The monoisotopic (exact) mass is 344 g/mol. The van der Waals surface area contributed by atoms with Crippen molar-refractivity contribution >= 4 is 22.2 Å². The van der Waals surface area contributed by atoms with Crippen LogP contribution in [0, 0.1) is 0 Å². The van der Waals surface area contributed by atoms with Gasteiger partial charge >= 0.3 is 0 Å². The fourth-order valence-electron chi connectivity index (χ4n) is 3.84. The Balaban J connectivity index is 1.75. The molecule has 24 heavy (non-hydrogen) atoms. The quantitative estimate of drug-likeness (QED) is 0.804. The van der Waals surface area contributed by atoms with Crippen LogP contribution in [0.5, 0.6) is 0 Å². The lowest BCUT2D eigenvalue weighted by molar-refractivity contribution is -0.0396. The third-order valence-corrected chi connectivity index (χ3v) is 6.23. The Bertz CT molecular complexity index is 737. The number of anilines is 2. The van der Waals surface area contributed by atoms with Gasteiger partial charge in [-0.2, -0.15) is 0 Å². The van der Waals surface area contributed by atoms with Crippen LogP contribution in [0.2, 0.25) is 0 Å². The van der Waals surface area contributed by atoms with E-state index in [1.807, 2.05) is 0 Å². The maximum absolute atomic E-state index is 9.37. The van der Waals surface area contributed by atoms with Gasteiger partial charge < -0.3 is 15.1 Å². The second-order valence-corrected chi connectivity index (χ2v) is 7.82. The second-order valence-electron chi connectivity index (χ2n) is 6.78. The summed E-state index contributed by atoms with van der Waals surface area (Å²) in [5.74, 6) is 0.789. The molecule has 4 nitrogen and oxygen atoms in total. The molecule has 0 spiro atoms. The molecule has 0 radical (unpaired) electrons. The molecule has 1 saturated carbocycles. The van der Waals surface area contributed by atoms with E-state index in [2.05, 4.69) is 28.9 Å². The molecule has 0 saturated heterocycles. The Labute approximate surface area is 146 Å². The molecule has 0 atom stereocenters. The lowest BCUT2D eigenvalue weighted by atomic mass is 9.85. The van der Waals surface area contributed by atoms with E-state index >= 15 is 0 Å². The highest BCUT2D eigenvalue weighted by Gasteiger charge is 2.30. The van der Waals surface area contributed by atoms with Crippen molar-refractivity contribution in [1.29, 1.82) is 0 Å². The number of thiazole rings is 1. The first-order valence-electron chi connectivity index (χ1n) is 8.93. The molecule has 0 unspecified atom stereocenters. The molecule has 1 aromatic carbocycles. The van der Waals surface area contributed by atoms with E-state index in [1.54, 1.807) is 17.3 Å². The van der Waals surface area contributed by atoms with Gasteiger partial charge in [0.2, 0.25) is 0 Å². The number of fused-ring (bicyclic) bond motifs is 1. The number of hydrogen-bond donors (Lipinski definition) is 2.